The molecule has 2 N–H and O–H groups in total. The highest BCUT2D eigenvalue weighted by atomic mass is 15.4. The van der Waals surface area contributed by atoms with E-state index < -0.39 is 0 Å². The highest BCUT2D eigenvalue weighted by molar-refractivity contribution is 5.56. The van der Waals surface area contributed by atoms with Crippen molar-refractivity contribution in [3.63, 3.8) is 0 Å². The minimum Gasteiger partial charge on any atom is -0.329 e. The van der Waals surface area contributed by atoms with Gasteiger partial charge < -0.3 is 5.73 Å². The summed E-state index contributed by atoms with van der Waals surface area (Å²) in [5.41, 5.74) is 5.31. The van der Waals surface area contributed by atoms with E-state index in [9.17, 15) is 0 Å². The lowest BCUT2D eigenvalue weighted by molar-refractivity contribution is 0.412. The number of hydrogen-bond donors (Lipinski definition) is 1. The molecule has 0 fully saturated rings. The van der Waals surface area contributed by atoms with Crippen LogP contribution in [-0.4, -0.2) is 24.3 Å². The molecule has 58 valence electrons. The lowest BCUT2D eigenvalue weighted by atomic mass is 10.5. The fourth-order valence-corrected chi connectivity index (χ4v) is 0.515. The summed E-state index contributed by atoms with van der Waals surface area (Å²) >= 11 is 0. The van der Waals surface area contributed by atoms with E-state index in [0.29, 0.717) is 6.54 Å². The normalized spacial score (nSPS) is 10.2. The van der Waals surface area contributed by atoms with Crippen molar-refractivity contribution in [1.29, 1.82) is 0 Å². The largest absolute Gasteiger partial charge is 0.329 e. The molecule has 0 aliphatic rings. The number of hydrazone groups is 1. The van der Waals surface area contributed by atoms with Crippen molar-refractivity contribution < 1.29 is 0 Å². The zero-order valence-electron chi connectivity index (χ0n) is 6.45. The quantitative estimate of drug-likeness (QED) is 0.454. The van der Waals surface area contributed by atoms with E-state index in [1.54, 1.807) is 11.2 Å². The molecular weight excluding hydrogens is 126 g/mol. The van der Waals surface area contributed by atoms with E-state index in [1.807, 2.05) is 13.1 Å². The molecule has 0 aliphatic carbocycles. The number of rotatable bonds is 5. The van der Waals surface area contributed by atoms with Crippen molar-refractivity contribution in [2.24, 2.45) is 10.8 Å². The van der Waals surface area contributed by atoms with Gasteiger partial charge in [-0.1, -0.05) is 13.5 Å². The summed E-state index contributed by atoms with van der Waals surface area (Å²) in [5.74, 6) is 0. The van der Waals surface area contributed by atoms with Gasteiger partial charge >= 0.3 is 0 Å². The Morgan fingerprint density at radius 1 is 1.70 bits per heavy atom. The molecule has 0 aromatic heterocycles. The highest BCUT2D eigenvalue weighted by Crippen LogP contribution is 1.86. The third kappa shape index (κ3) is 4.09. The lowest BCUT2D eigenvalue weighted by Gasteiger charge is -2.10. The summed E-state index contributed by atoms with van der Waals surface area (Å²) in [4.78, 5) is 0. The van der Waals surface area contributed by atoms with Gasteiger partial charge in [0.25, 0.3) is 0 Å². The second-order valence-electron chi connectivity index (χ2n) is 1.84. The van der Waals surface area contributed by atoms with Crippen LogP contribution in [0.15, 0.2) is 17.9 Å². The first-order valence-corrected chi connectivity index (χ1v) is 3.46. The van der Waals surface area contributed by atoms with Gasteiger partial charge in [-0.3, -0.25) is 5.01 Å². The Morgan fingerprint density at radius 3 is 2.80 bits per heavy atom. The summed E-state index contributed by atoms with van der Waals surface area (Å²) in [5, 5.41) is 5.79. The van der Waals surface area contributed by atoms with Crippen LogP contribution in [0, 0.1) is 0 Å². The number of hydrogen-bond acceptors (Lipinski definition) is 3. The van der Waals surface area contributed by atoms with E-state index in [0.717, 1.165) is 13.0 Å². The van der Waals surface area contributed by atoms with Crippen LogP contribution in [0.3, 0.4) is 0 Å². The smallest absolute Gasteiger partial charge is 0.0531 e. The van der Waals surface area contributed by atoms with Gasteiger partial charge in [-0.15, -0.1) is 0 Å². The maximum absolute atomic E-state index is 5.31. The maximum Gasteiger partial charge on any atom is 0.0531 e. The molecule has 0 bridgehead atoms. The van der Waals surface area contributed by atoms with E-state index in [4.69, 9.17) is 5.73 Å². The van der Waals surface area contributed by atoms with Gasteiger partial charge in [-0.25, -0.2) is 0 Å². The molecule has 0 atom stereocenters. The van der Waals surface area contributed by atoms with Crippen molar-refractivity contribution in [2.75, 3.05) is 13.1 Å². The third-order valence-electron chi connectivity index (χ3n) is 0.981. The molecule has 0 rings (SSSR count). The average Bonchev–Trinajstić information content (AvgIpc) is 1.98. The standard InChI is InChI=1S/C7H15N3/c1-3-6-9-10(4-2)7-5-8/h4,6H,2-3,5,7-8H2,1H3/b9-6-. The first-order valence-electron chi connectivity index (χ1n) is 3.46. The van der Waals surface area contributed by atoms with Crippen LogP contribution < -0.4 is 5.73 Å². The van der Waals surface area contributed by atoms with Crippen LogP contribution in [0.4, 0.5) is 0 Å². The van der Waals surface area contributed by atoms with Crippen molar-refractivity contribution >= 4 is 6.21 Å². The predicted octanol–water partition coefficient (Wildman–Crippen LogP) is 0.786. The molecule has 0 spiro atoms. The van der Waals surface area contributed by atoms with Crippen LogP contribution in [0.1, 0.15) is 13.3 Å². The summed E-state index contributed by atoms with van der Waals surface area (Å²) < 4.78 is 0. The monoisotopic (exact) mass is 141 g/mol. The fourth-order valence-electron chi connectivity index (χ4n) is 0.515. The third-order valence-corrected chi connectivity index (χ3v) is 0.981. The molecule has 3 nitrogen and oxygen atoms in total. The molecule has 3 heteroatoms. The molecule has 10 heavy (non-hydrogen) atoms. The molecule has 0 radical (unpaired) electrons. The van der Waals surface area contributed by atoms with E-state index >= 15 is 0 Å². The Morgan fingerprint density at radius 2 is 2.40 bits per heavy atom. The van der Waals surface area contributed by atoms with Gasteiger partial charge in [0.1, 0.15) is 0 Å². The Hall–Kier alpha value is -0.830. The summed E-state index contributed by atoms with van der Waals surface area (Å²) in [7, 11) is 0. The minimum absolute atomic E-state index is 0.604. The molecule has 0 saturated carbocycles. The van der Waals surface area contributed by atoms with Crippen LogP contribution in [0.25, 0.3) is 0 Å². The van der Waals surface area contributed by atoms with Gasteiger partial charge in [-0.05, 0) is 6.42 Å². The summed E-state index contributed by atoms with van der Waals surface area (Å²) in [6, 6.07) is 0. The van der Waals surface area contributed by atoms with Crippen LogP contribution in [-0.2, 0) is 0 Å². The second kappa shape index (κ2) is 6.29. The van der Waals surface area contributed by atoms with Crippen molar-refractivity contribution in [3.05, 3.63) is 12.8 Å². The SMILES string of the molecule is C=CN(CCN)/N=C\CC. The Labute approximate surface area is 62.2 Å². The van der Waals surface area contributed by atoms with Gasteiger partial charge in [0.05, 0.1) is 6.54 Å². The maximum atomic E-state index is 5.31. The van der Waals surface area contributed by atoms with E-state index in [-0.39, 0.29) is 0 Å². The molecule has 0 unspecified atom stereocenters. The van der Waals surface area contributed by atoms with Gasteiger partial charge in [0, 0.05) is 19.0 Å². The minimum atomic E-state index is 0.604. The fraction of sp³-hybridized carbons (Fsp3) is 0.571. The van der Waals surface area contributed by atoms with E-state index in [2.05, 4.69) is 11.7 Å². The molecular formula is C7H15N3. The number of nitrogens with two attached hydrogens (primary N) is 1. The number of nitrogens with zero attached hydrogens (tertiary/aromatic N) is 2. The molecule has 0 aromatic carbocycles. The van der Waals surface area contributed by atoms with Gasteiger partial charge in [0.2, 0.25) is 0 Å². The lowest BCUT2D eigenvalue weighted by Crippen LogP contribution is -2.19. The molecule has 0 aromatic rings. The summed E-state index contributed by atoms with van der Waals surface area (Å²) in [6.07, 6.45) is 4.44. The molecule has 0 heterocycles. The van der Waals surface area contributed by atoms with Crippen LogP contribution in [0.5, 0.6) is 0 Å². The topological polar surface area (TPSA) is 41.6 Å². The zero-order chi connectivity index (χ0) is 7.82. The molecule has 0 aliphatic heterocycles. The Balaban J connectivity index is 3.59. The van der Waals surface area contributed by atoms with E-state index in [1.165, 1.54) is 0 Å². The first kappa shape index (κ1) is 9.17. The van der Waals surface area contributed by atoms with Crippen molar-refractivity contribution in [2.45, 2.75) is 13.3 Å². The van der Waals surface area contributed by atoms with Crippen molar-refractivity contribution in [1.82, 2.24) is 5.01 Å². The van der Waals surface area contributed by atoms with Gasteiger partial charge in [-0.2, -0.15) is 5.10 Å². The Kier molecular flexibility index (Phi) is 5.77. The zero-order valence-corrected chi connectivity index (χ0v) is 6.45. The molecule has 0 amide bonds. The summed E-state index contributed by atoms with van der Waals surface area (Å²) in [6.45, 7) is 6.96. The first-order chi connectivity index (χ1) is 4.85. The predicted molar refractivity (Wildman–Crippen MR) is 44.7 cm³/mol. The second-order valence-corrected chi connectivity index (χ2v) is 1.84. The van der Waals surface area contributed by atoms with Crippen molar-refractivity contribution in [3.8, 4) is 0 Å². The van der Waals surface area contributed by atoms with Gasteiger partial charge in [0.15, 0.2) is 0 Å². The van der Waals surface area contributed by atoms with Crippen LogP contribution >= 0.6 is 0 Å². The Bertz CT molecular complexity index is 109. The molecule has 0 saturated heterocycles. The average molecular weight is 141 g/mol. The highest BCUT2D eigenvalue weighted by Gasteiger charge is 1.88. The van der Waals surface area contributed by atoms with Crippen LogP contribution in [0.2, 0.25) is 0 Å².